The molecule has 3 aromatic rings. The Bertz CT molecular complexity index is 1120. The van der Waals surface area contributed by atoms with Gasteiger partial charge in [0.15, 0.2) is 0 Å². The maximum Gasteiger partial charge on any atom is 0.241 e. The van der Waals surface area contributed by atoms with Crippen molar-refractivity contribution in [2.75, 3.05) is 37.3 Å². The van der Waals surface area contributed by atoms with Gasteiger partial charge in [-0.1, -0.05) is 6.07 Å². The van der Waals surface area contributed by atoms with Crippen LogP contribution in [0.25, 0.3) is 10.9 Å². The maximum absolute atomic E-state index is 12.2. The Morgan fingerprint density at radius 3 is 2.76 bits per heavy atom. The van der Waals surface area contributed by atoms with E-state index in [4.69, 9.17) is 10.5 Å². The molecule has 0 aliphatic carbocycles. The molecule has 0 spiro atoms. The van der Waals surface area contributed by atoms with Crippen LogP contribution in [0.5, 0.6) is 17.4 Å². The number of hydrogen-bond acceptors (Lipinski definition) is 8. The average Bonchev–Trinajstić information content (AvgIpc) is 2.70. The molecule has 0 unspecified atom stereocenters. The number of aromatic nitrogens is 3. The summed E-state index contributed by atoms with van der Waals surface area (Å²) in [6.45, 7) is 5.12. The van der Waals surface area contributed by atoms with Crippen LogP contribution in [-0.2, 0) is 4.79 Å². The number of aromatic hydroxyl groups is 1. The van der Waals surface area contributed by atoms with E-state index in [1.165, 1.54) is 6.33 Å². The van der Waals surface area contributed by atoms with Crippen LogP contribution >= 0.6 is 0 Å². The second kappa shape index (κ2) is 7.08. The highest BCUT2D eigenvalue weighted by Gasteiger charge is 2.24. The monoisotopic (exact) mass is 394 g/mol. The first-order valence-corrected chi connectivity index (χ1v) is 9.22. The Hall–Kier alpha value is -3.62. The van der Waals surface area contributed by atoms with Gasteiger partial charge >= 0.3 is 0 Å². The minimum Gasteiger partial charge on any atom is -0.508 e. The highest BCUT2D eigenvalue weighted by molar-refractivity contribution is 5.94. The highest BCUT2D eigenvalue weighted by atomic mass is 16.5. The summed E-state index contributed by atoms with van der Waals surface area (Å²) in [5, 5.41) is 10.6. The fourth-order valence-electron chi connectivity index (χ4n) is 3.32. The first kappa shape index (κ1) is 18.7. The number of ether oxygens (including phenoxy) is 1. The molecule has 1 aromatic carbocycles. The lowest BCUT2D eigenvalue weighted by Crippen LogP contribution is -2.48. The van der Waals surface area contributed by atoms with Gasteiger partial charge in [-0.2, -0.15) is 4.98 Å². The highest BCUT2D eigenvalue weighted by Crippen LogP contribution is 2.38. The number of nitrogen functional groups attached to an aromatic ring is 1. The van der Waals surface area contributed by atoms with Crippen molar-refractivity contribution in [3.05, 3.63) is 35.7 Å². The number of nitrogens with two attached hydrogens (primary N) is 1. The second-order valence-electron chi connectivity index (χ2n) is 7.13. The van der Waals surface area contributed by atoms with E-state index in [0.29, 0.717) is 41.1 Å². The minimum absolute atomic E-state index is 0.0162. The molecule has 150 valence electrons. The zero-order chi connectivity index (χ0) is 20.7. The number of aryl methyl sites for hydroxylation is 1. The molecule has 1 fully saturated rings. The van der Waals surface area contributed by atoms with Crippen molar-refractivity contribution in [2.45, 2.75) is 13.8 Å². The van der Waals surface area contributed by atoms with Gasteiger partial charge in [-0.3, -0.25) is 4.79 Å². The summed E-state index contributed by atoms with van der Waals surface area (Å²) < 4.78 is 6.14. The first-order valence-electron chi connectivity index (χ1n) is 9.22. The van der Waals surface area contributed by atoms with E-state index in [9.17, 15) is 9.90 Å². The second-order valence-corrected chi connectivity index (χ2v) is 7.13. The van der Waals surface area contributed by atoms with Crippen LogP contribution in [0, 0.1) is 13.8 Å². The zero-order valence-electron chi connectivity index (χ0n) is 16.5. The van der Waals surface area contributed by atoms with E-state index < -0.39 is 0 Å². The number of amides is 1. The van der Waals surface area contributed by atoms with Crippen LogP contribution in [0.1, 0.15) is 11.1 Å². The van der Waals surface area contributed by atoms with Gasteiger partial charge in [0, 0.05) is 31.8 Å². The number of likely N-dealkylation sites (N-methyl/N-ethyl adjacent to an activating group) is 1. The number of rotatable bonds is 3. The summed E-state index contributed by atoms with van der Waals surface area (Å²) in [5.74, 6) is 1.69. The molecule has 1 aliphatic rings. The number of hydrogen-bond donors (Lipinski definition) is 2. The van der Waals surface area contributed by atoms with Gasteiger partial charge in [0.1, 0.15) is 34.8 Å². The van der Waals surface area contributed by atoms with Crippen molar-refractivity contribution < 1.29 is 14.6 Å². The molecule has 4 rings (SSSR count). The number of anilines is 2. The molecule has 1 aliphatic heterocycles. The standard InChI is InChI=1S/C20H22N6O3/c1-11-4-5-14(27)12(2)18(11)29-20-17-13(22-10-23-19(17)21)8-15(24-20)26-7-6-25(3)16(28)9-26/h4-5,8,10,27H,6-7,9H2,1-3H3,(H2,21,22,23). The fraction of sp³-hybridized carbons (Fsp3) is 0.300. The van der Waals surface area contributed by atoms with Crippen LogP contribution in [0.4, 0.5) is 11.6 Å². The number of carbonyl (C=O) groups excluding carboxylic acids is 1. The van der Waals surface area contributed by atoms with Gasteiger partial charge in [-0.25, -0.2) is 9.97 Å². The number of carbonyl (C=O) groups is 1. The Morgan fingerprint density at radius 1 is 1.21 bits per heavy atom. The van der Waals surface area contributed by atoms with E-state index >= 15 is 0 Å². The summed E-state index contributed by atoms with van der Waals surface area (Å²) in [4.78, 5) is 28.7. The summed E-state index contributed by atoms with van der Waals surface area (Å²) in [6, 6.07) is 5.16. The normalized spacial score (nSPS) is 14.5. The smallest absolute Gasteiger partial charge is 0.241 e. The molecule has 29 heavy (non-hydrogen) atoms. The minimum atomic E-state index is 0.0162. The van der Waals surface area contributed by atoms with Crippen LogP contribution in [0.2, 0.25) is 0 Å². The predicted molar refractivity (Wildman–Crippen MR) is 109 cm³/mol. The summed E-state index contributed by atoms with van der Waals surface area (Å²) in [7, 11) is 1.78. The van der Waals surface area contributed by atoms with Crippen molar-refractivity contribution >= 4 is 28.4 Å². The summed E-state index contributed by atoms with van der Waals surface area (Å²) in [5.41, 5.74) is 8.09. The Labute approximate surface area is 167 Å². The van der Waals surface area contributed by atoms with Gasteiger partial charge in [-0.15, -0.1) is 0 Å². The lowest BCUT2D eigenvalue weighted by Gasteiger charge is -2.33. The van der Waals surface area contributed by atoms with E-state index in [1.807, 2.05) is 11.8 Å². The molecule has 9 heteroatoms. The molecular weight excluding hydrogens is 372 g/mol. The van der Waals surface area contributed by atoms with Gasteiger partial charge in [-0.05, 0) is 25.5 Å². The Balaban J connectivity index is 1.84. The van der Waals surface area contributed by atoms with Crippen LogP contribution in [0.15, 0.2) is 24.5 Å². The third-order valence-corrected chi connectivity index (χ3v) is 5.16. The molecule has 3 heterocycles. The molecule has 2 aromatic heterocycles. The SMILES string of the molecule is Cc1ccc(O)c(C)c1Oc1nc(N2CCN(C)C(=O)C2)cc2ncnc(N)c12. The van der Waals surface area contributed by atoms with Gasteiger partial charge in [0.25, 0.3) is 0 Å². The summed E-state index contributed by atoms with van der Waals surface area (Å²) >= 11 is 0. The van der Waals surface area contributed by atoms with Gasteiger partial charge in [0.05, 0.1) is 12.1 Å². The van der Waals surface area contributed by atoms with Crippen molar-refractivity contribution in [3.8, 4) is 17.4 Å². The number of pyridine rings is 1. The predicted octanol–water partition coefficient (Wildman–Crippen LogP) is 2.00. The van der Waals surface area contributed by atoms with E-state index in [0.717, 1.165) is 5.56 Å². The number of benzene rings is 1. The topological polar surface area (TPSA) is 118 Å². The molecule has 3 N–H and O–H groups in total. The first-order chi connectivity index (χ1) is 13.8. The number of nitrogens with zero attached hydrogens (tertiary/aromatic N) is 5. The summed E-state index contributed by atoms with van der Waals surface area (Å²) in [6.07, 6.45) is 1.38. The largest absolute Gasteiger partial charge is 0.508 e. The number of phenolic OH excluding ortho intramolecular Hbond substituents is 1. The van der Waals surface area contributed by atoms with Gasteiger partial charge in [0.2, 0.25) is 11.8 Å². The van der Waals surface area contributed by atoms with E-state index in [1.54, 1.807) is 37.1 Å². The average molecular weight is 394 g/mol. The lowest BCUT2D eigenvalue weighted by atomic mass is 10.1. The number of phenols is 1. The fourth-order valence-corrected chi connectivity index (χ4v) is 3.32. The van der Waals surface area contributed by atoms with Crippen LogP contribution < -0.4 is 15.4 Å². The van der Waals surface area contributed by atoms with E-state index in [2.05, 4.69) is 15.0 Å². The van der Waals surface area contributed by atoms with Crippen molar-refractivity contribution in [1.82, 2.24) is 19.9 Å². The maximum atomic E-state index is 12.2. The quantitative estimate of drug-likeness (QED) is 0.693. The Morgan fingerprint density at radius 2 is 2.00 bits per heavy atom. The van der Waals surface area contributed by atoms with Crippen molar-refractivity contribution in [3.63, 3.8) is 0 Å². The Kier molecular flexibility index (Phi) is 4.57. The van der Waals surface area contributed by atoms with Crippen LogP contribution in [-0.4, -0.2) is 57.5 Å². The lowest BCUT2D eigenvalue weighted by molar-refractivity contribution is -0.129. The third kappa shape index (κ3) is 3.35. The number of fused-ring (bicyclic) bond motifs is 1. The molecule has 1 amide bonds. The number of piperazine rings is 1. The van der Waals surface area contributed by atoms with Crippen molar-refractivity contribution in [1.29, 1.82) is 0 Å². The molecule has 0 bridgehead atoms. The third-order valence-electron chi connectivity index (χ3n) is 5.16. The molecular formula is C20H22N6O3. The molecule has 0 saturated carbocycles. The molecule has 0 atom stereocenters. The van der Waals surface area contributed by atoms with E-state index in [-0.39, 0.29) is 29.9 Å². The zero-order valence-corrected chi connectivity index (χ0v) is 16.5. The van der Waals surface area contributed by atoms with Crippen LogP contribution in [0.3, 0.4) is 0 Å². The van der Waals surface area contributed by atoms with Gasteiger partial charge < -0.3 is 25.4 Å². The molecule has 9 nitrogen and oxygen atoms in total. The van der Waals surface area contributed by atoms with Crippen molar-refractivity contribution in [2.24, 2.45) is 0 Å². The molecule has 0 radical (unpaired) electrons. The molecule has 1 saturated heterocycles.